The van der Waals surface area contributed by atoms with Crippen LogP contribution in [-0.4, -0.2) is 53.9 Å². The highest BCUT2D eigenvalue weighted by atomic mass is 16.2. The lowest BCUT2D eigenvalue weighted by Gasteiger charge is -2.25. The Labute approximate surface area is 166 Å². The van der Waals surface area contributed by atoms with E-state index in [1.54, 1.807) is 0 Å². The van der Waals surface area contributed by atoms with Crippen LogP contribution in [0.15, 0.2) is 66.7 Å². The SMILES string of the molecule is Cc1ccc([C@H]2CN(C(=O)c3ccc(-c4ccccc4)[nH]3)C[C@@H]2N(C)C)cc1. The Balaban J connectivity index is 1.55. The first-order valence-electron chi connectivity index (χ1n) is 9.79. The zero-order valence-corrected chi connectivity index (χ0v) is 16.7. The Morgan fingerprint density at radius 3 is 2.36 bits per heavy atom. The predicted octanol–water partition coefficient (Wildman–Crippen LogP) is 4.16. The Morgan fingerprint density at radius 2 is 1.68 bits per heavy atom. The number of hydrogen-bond donors (Lipinski definition) is 1. The number of carbonyl (C=O) groups is 1. The van der Waals surface area contributed by atoms with Gasteiger partial charge in [-0.1, -0.05) is 60.2 Å². The standard InChI is InChI=1S/C24H27N3O/c1-17-9-11-18(12-10-17)20-15-27(16-23(20)26(2)3)24(28)22-14-13-21(25-22)19-7-5-4-6-8-19/h4-14,20,23,25H,15-16H2,1-3H3/t20-,23+/m1/s1. The van der Waals surface area contributed by atoms with Gasteiger partial charge in [0.25, 0.3) is 5.91 Å². The number of rotatable bonds is 4. The minimum Gasteiger partial charge on any atom is -0.351 e. The monoisotopic (exact) mass is 373 g/mol. The Bertz CT molecular complexity index is 943. The third kappa shape index (κ3) is 3.60. The fraction of sp³-hybridized carbons (Fsp3) is 0.292. The van der Waals surface area contributed by atoms with Gasteiger partial charge >= 0.3 is 0 Å². The number of likely N-dealkylation sites (tertiary alicyclic amines) is 1. The predicted molar refractivity (Wildman–Crippen MR) is 114 cm³/mol. The number of nitrogens with one attached hydrogen (secondary N) is 1. The second-order valence-corrected chi connectivity index (χ2v) is 7.91. The van der Waals surface area contributed by atoms with Gasteiger partial charge in [0.2, 0.25) is 0 Å². The Hall–Kier alpha value is -2.85. The van der Waals surface area contributed by atoms with Crippen molar-refractivity contribution in [3.63, 3.8) is 0 Å². The number of aryl methyl sites for hydroxylation is 1. The Kier molecular flexibility index (Phi) is 5.05. The van der Waals surface area contributed by atoms with Crippen molar-refractivity contribution in [3.8, 4) is 11.3 Å². The van der Waals surface area contributed by atoms with Gasteiger partial charge in [0.05, 0.1) is 0 Å². The van der Waals surface area contributed by atoms with E-state index in [1.807, 2.05) is 47.4 Å². The molecule has 2 atom stereocenters. The van der Waals surface area contributed by atoms with Crippen LogP contribution < -0.4 is 0 Å². The average Bonchev–Trinajstić information content (AvgIpc) is 3.37. The molecular formula is C24H27N3O. The van der Waals surface area contributed by atoms with Crippen LogP contribution in [0.25, 0.3) is 11.3 Å². The first-order chi connectivity index (χ1) is 13.5. The molecule has 0 bridgehead atoms. The van der Waals surface area contributed by atoms with Crippen molar-refractivity contribution in [1.82, 2.24) is 14.8 Å². The molecule has 1 N–H and O–H groups in total. The van der Waals surface area contributed by atoms with Crippen LogP contribution in [0.5, 0.6) is 0 Å². The van der Waals surface area contributed by atoms with Gasteiger partial charge in [-0.2, -0.15) is 0 Å². The van der Waals surface area contributed by atoms with E-state index in [0.29, 0.717) is 17.7 Å². The van der Waals surface area contributed by atoms with Crippen LogP contribution in [0.3, 0.4) is 0 Å². The molecule has 1 aliphatic rings. The Morgan fingerprint density at radius 1 is 0.964 bits per heavy atom. The van der Waals surface area contributed by atoms with Crippen LogP contribution in [0.1, 0.15) is 27.5 Å². The highest BCUT2D eigenvalue weighted by Gasteiger charge is 2.37. The topological polar surface area (TPSA) is 39.3 Å². The first kappa shape index (κ1) is 18.5. The molecule has 1 amide bonds. The normalized spacial score (nSPS) is 19.4. The molecule has 0 saturated carbocycles. The summed E-state index contributed by atoms with van der Waals surface area (Å²) in [6, 6.07) is 23.0. The largest absolute Gasteiger partial charge is 0.351 e. The third-order valence-corrected chi connectivity index (χ3v) is 5.75. The maximum Gasteiger partial charge on any atom is 0.270 e. The van der Waals surface area contributed by atoms with Gasteiger partial charge in [0, 0.05) is 30.7 Å². The maximum absolute atomic E-state index is 13.2. The van der Waals surface area contributed by atoms with Crippen LogP contribution in [0, 0.1) is 6.92 Å². The maximum atomic E-state index is 13.2. The highest BCUT2D eigenvalue weighted by Crippen LogP contribution is 2.31. The van der Waals surface area contributed by atoms with Crippen molar-refractivity contribution in [3.05, 3.63) is 83.6 Å². The van der Waals surface area contributed by atoms with E-state index in [9.17, 15) is 4.79 Å². The fourth-order valence-corrected chi connectivity index (χ4v) is 4.09. The molecule has 2 aromatic carbocycles. The van der Waals surface area contributed by atoms with Crippen molar-refractivity contribution in [2.75, 3.05) is 27.2 Å². The second kappa shape index (κ2) is 7.64. The molecule has 28 heavy (non-hydrogen) atoms. The van der Waals surface area contributed by atoms with Crippen LogP contribution in [-0.2, 0) is 0 Å². The van der Waals surface area contributed by atoms with Crippen molar-refractivity contribution in [2.45, 2.75) is 18.9 Å². The van der Waals surface area contributed by atoms with Crippen LogP contribution in [0.2, 0.25) is 0 Å². The summed E-state index contributed by atoms with van der Waals surface area (Å²) in [7, 11) is 4.20. The molecule has 1 aromatic heterocycles. The summed E-state index contributed by atoms with van der Waals surface area (Å²) in [5.74, 6) is 0.395. The number of nitrogens with zero attached hydrogens (tertiary/aromatic N) is 2. The molecule has 4 heteroatoms. The summed E-state index contributed by atoms with van der Waals surface area (Å²) < 4.78 is 0. The van der Waals surface area contributed by atoms with E-state index in [4.69, 9.17) is 0 Å². The lowest BCUT2D eigenvalue weighted by molar-refractivity contribution is 0.0777. The smallest absolute Gasteiger partial charge is 0.270 e. The molecule has 1 aliphatic heterocycles. The number of hydrogen-bond acceptors (Lipinski definition) is 2. The molecule has 2 heterocycles. The quantitative estimate of drug-likeness (QED) is 0.746. The van der Waals surface area contributed by atoms with E-state index >= 15 is 0 Å². The molecule has 4 nitrogen and oxygen atoms in total. The number of aromatic amines is 1. The fourth-order valence-electron chi connectivity index (χ4n) is 4.09. The first-order valence-corrected chi connectivity index (χ1v) is 9.79. The summed E-state index contributed by atoms with van der Waals surface area (Å²) in [5.41, 5.74) is 5.28. The van der Waals surface area contributed by atoms with Crippen LogP contribution in [0.4, 0.5) is 0 Å². The zero-order valence-electron chi connectivity index (χ0n) is 16.7. The third-order valence-electron chi connectivity index (χ3n) is 5.75. The number of amides is 1. The number of carbonyl (C=O) groups excluding carboxylic acids is 1. The molecule has 3 aromatic rings. The molecule has 0 radical (unpaired) electrons. The summed E-state index contributed by atoms with van der Waals surface area (Å²) in [5, 5.41) is 0. The molecule has 144 valence electrons. The van der Waals surface area contributed by atoms with Gasteiger partial charge in [-0.3, -0.25) is 4.79 Å². The van der Waals surface area contributed by atoms with Crippen molar-refractivity contribution >= 4 is 5.91 Å². The van der Waals surface area contributed by atoms with E-state index in [-0.39, 0.29) is 5.91 Å². The molecule has 1 fully saturated rings. The number of likely N-dealkylation sites (N-methyl/N-ethyl adjacent to an activating group) is 1. The average molecular weight is 374 g/mol. The van der Waals surface area contributed by atoms with Gasteiger partial charge in [-0.05, 0) is 44.3 Å². The lowest BCUT2D eigenvalue weighted by atomic mass is 9.93. The van der Waals surface area contributed by atoms with Crippen LogP contribution >= 0.6 is 0 Å². The van der Waals surface area contributed by atoms with Crippen molar-refractivity contribution in [1.29, 1.82) is 0 Å². The number of benzene rings is 2. The van der Waals surface area contributed by atoms with Crippen molar-refractivity contribution < 1.29 is 4.79 Å². The summed E-state index contributed by atoms with van der Waals surface area (Å²) in [4.78, 5) is 20.7. The lowest BCUT2D eigenvalue weighted by Crippen LogP contribution is -2.35. The van der Waals surface area contributed by atoms with E-state index in [0.717, 1.165) is 24.3 Å². The summed E-state index contributed by atoms with van der Waals surface area (Å²) in [6.45, 7) is 3.59. The van der Waals surface area contributed by atoms with E-state index < -0.39 is 0 Å². The van der Waals surface area contributed by atoms with Gasteiger partial charge in [0.15, 0.2) is 0 Å². The van der Waals surface area contributed by atoms with Gasteiger partial charge < -0.3 is 14.8 Å². The minimum absolute atomic E-state index is 0.0728. The van der Waals surface area contributed by atoms with Gasteiger partial charge in [-0.15, -0.1) is 0 Å². The molecule has 1 saturated heterocycles. The number of H-pyrrole nitrogens is 1. The molecule has 0 aliphatic carbocycles. The van der Waals surface area contributed by atoms with Crippen molar-refractivity contribution in [2.24, 2.45) is 0 Å². The van der Waals surface area contributed by atoms with Gasteiger partial charge in [-0.25, -0.2) is 0 Å². The summed E-state index contributed by atoms with van der Waals surface area (Å²) in [6.07, 6.45) is 0. The zero-order chi connectivity index (χ0) is 19.7. The molecule has 0 unspecified atom stereocenters. The van der Waals surface area contributed by atoms with E-state index in [1.165, 1.54) is 11.1 Å². The molecular weight excluding hydrogens is 346 g/mol. The molecule has 0 spiro atoms. The van der Waals surface area contributed by atoms with E-state index in [2.05, 4.69) is 55.2 Å². The highest BCUT2D eigenvalue weighted by molar-refractivity contribution is 5.93. The second-order valence-electron chi connectivity index (χ2n) is 7.91. The number of aromatic nitrogens is 1. The summed E-state index contributed by atoms with van der Waals surface area (Å²) >= 11 is 0. The minimum atomic E-state index is 0.0728. The van der Waals surface area contributed by atoms with Gasteiger partial charge in [0.1, 0.15) is 5.69 Å². The molecule has 4 rings (SSSR count).